The van der Waals surface area contributed by atoms with Crippen molar-refractivity contribution in [2.24, 2.45) is 0 Å². The van der Waals surface area contributed by atoms with Crippen LogP contribution in [0.25, 0.3) is 22.4 Å². The van der Waals surface area contributed by atoms with E-state index >= 15 is 0 Å². The van der Waals surface area contributed by atoms with Crippen LogP contribution in [0.4, 0.5) is 0 Å². The molecule has 0 aliphatic rings. The molecule has 0 unspecified atom stereocenters. The number of hydrogen-bond donors (Lipinski definition) is 0. The first-order valence-corrected chi connectivity index (χ1v) is 9.07. The second-order valence-electron chi connectivity index (χ2n) is 5.96. The molecule has 0 bridgehead atoms. The highest BCUT2D eigenvalue weighted by Crippen LogP contribution is 2.25. The topological polar surface area (TPSA) is 76.0 Å². The van der Waals surface area contributed by atoms with Crippen molar-refractivity contribution in [3.8, 4) is 11.8 Å². The molecule has 0 aliphatic heterocycles. The van der Waals surface area contributed by atoms with Crippen LogP contribution in [0.15, 0.2) is 52.4 Å². The molecule has 0 radical (unpaired) electrons. The Morgan fingerprint density at radius 2 is 1.81 bits per heavy atom. The van der Waals surface area contributed by atoms with Crippen molar-refractivity contribution in [2.45, 2.75) is 19.0 Å². The molecule has 26 heavy (non-hydrogen) atoms. The highest BCUT2D eigenvalue weighted by molar-refractivity contribution is 7.99. The normalized spacial score (nSPS) is 11.1. The van der Waals surface area contributed by atoms with Crippen LogP contribution >= 0.6 is 11.8 Å². The summed E-state index contributed by atoms with van der Waals surface area (Å²) >= 11 is 1.30. The maximum atomic E-state index is 13.3. The van der Waals surface area contributed by atoms with Gasteiger partial charge in [0.2, 0.25) is 5.78 Å². The van der Waals surface area contributed by atoms with Gasteiger partial charge in [-0.25, -0.2) is 4.57 Å². The molecule has 0 N–H and O–H groups in total. The van der Waals surface area contributed by atoms with Gasteiger partial charge in [-0.3, -0.25) is 9.20 Å². The second-order valence-corrected chi connectivity index (χ2v) is 6.91. The first-order valence-electron chi connectivity index (χ1n) is 8.08. The minimum atomic E-state index is -0.130. The lowest BCUT2D eigenvalue weighted by Crippen LogP contribution is -2.23. The summed E-state index contributed by atoms with van der Waals surface area (Å²) in [4.78, 5) is 13.3. The Morgan fingerprint density at radius 3 is 2.54 bits per heavy atom. The molecular weight excluding hydrogens is 346 g/mol. The van der Waals surface area contributed by atoms with Crippen LogP contribution in [0, 0.1) is 25.2 Å². The summed E-state index contributed by atoms with van der Waals surface area (Å²) in [6.45, 7) is 3.95. The molecule has 4 rings (SSSR count). The average Bonchev–Trinajstić information content (AvgIpc) is 3.06. The van der Waals surface area contributed by atoms with Crippen LogP contribution in [0.1, 0.15) is 11.1 Å². The molecule has 6 nitrogen and oxygen atoms in total. The van der Waals surface area contributed by atoms with Crippen LogP contribution in [-0.2, 0) is 0 Å². The number of aromatic nitrogens is 4. The lowest BCUT2D eigenvalue weighted by Gasteiger charge is -2.15. The van der Waals surface area contributed by atoms with E-state index in [0.717, 1.165) is 22.3 Å². The number of fused-ring (bicyclic) bond motifs is 3. The first kappa shape index (κ1) is 16.4. The van der Waals surface area contributed by atoms with E-state index in [1.54, 1.807) is 10.6 Å². The van der Waals surface area contributed by atoms with Crippen molar-refractivity contribution >= 4 is 28.4 Å². The predicted molar refractivity (Wildman–Crippen MR) is 102 cm³/mol. The Bertz CT molecular complexity index is 1230. The molecule has 0 aliphatic carbocycles. The van der Waals surface area contributed by atoms with Gasteiger partial charge in [-0.2, -0.15) is 5.26 Å². The Kier molecular flexibility index (Phi) is 3.98. The van der Waals surface area contributed by atoms with Gasteiger partial charge < -0.3 is 0 Å². The summed E-state index contributed by atoms with van der Waals surface area (Å²) in [7, 11) is 0. The fourth-order valence-electron chi connectivity index (χ4n) is 3.23. The third-order valence-corrected chi connectivity index (χ3v) is 5.12. The fraction of sp³-hybridized carbons (Fsp3) is 0.158. The fourth-order valence-corrected chi connectivity index (χ4v) is 3.83. The van der Waals surface area contributed by atoms with Gasteiger partial charge in [0.15, 0.2) is 5.16 Å². The van der Waals surface area contributed by atoms with Crippen LogP contribution in [0.3, 0.4) is 0 Å². The number of nitriles is 1. The highest BCUT2D eigenvalue weighted by atomic mass is 32.2. The maximum absolute atomic E-state index is 13.3. The Labute approximate surface area is 153 Å². The molecular formula is C19H15N5OS. The molecule has 4 aromatic rings. The molecule has 128 valence electrons. The first-order chi connectivity index (χ1) is 12.6. The van der Waals surface area contributed by atoms with E-state index in [2.05, 4.69) is 16.3 Å². The van der Waals surface area contributed by atoms with E-state index < -0.39 is 0 Å². The lowest BCUT2D eigenvalue weighted by molar-refractivity contribution is 0.926. The van der Waals surface area contributed by atoms with Crippen molar-refractivity contribution in [3.05, 3.63) is 63.9 Å². The van der Waals surface area contributed by atoms with Crippen molar-refractivity contribution in [1.82, 2.24) is 19.2 Å². The molecule has 0 amide bonds. The highest BCUT2D eigenvalue weighted by Gasteiger charge is 2.19. The molecule has 0 fully saturated rings. The molecule has 7 heteroatoms. The van der Waals surface area contributed by atoms with E-state index in [1.165, 1.54) is 11.8 Å². The number of para-hydroxylation sites is 2. The third kappa shape index (κ3) is 2.38. The number of thioether (sulfide) groups is 1. The smallest absolute Gasteiger partial charge is 0.267 e. The summed E-state index contributed by atoms with van der Waals surface area (Å²) in [6.07, 6.45) is 0. The van der Waals surface area contributed by atoms with Gasteiger partial charge >= 0.3 is 0 Å². The summed E-state index contributed by atoms with van der Waals surface area (Å²) in [5, 5.41) is 18.6. The number of benzene rings is 2. The number of rotatable bonds is 3. The SMILES string of the molecule is Cc1cccc(C)c1-n1c(=O)c2ccccc2n2c(SCC#N)nnc12. The van der Waals surface area contributed by atoms with Gasteiger partial charge in [0.1, 0.15) is 0 Å². The third-order valence-electron chi connectivity index (χ3n) is 4.32. The summed E-state index contributed by atoms with van der Waals surface area (Å²) in [5.41, 5.74) is 3.39. The van der Waals surface area contributed by atoms with Crippen LogP contribution in [0.2, 0.25) is 0 Å². The number of nitrogens with zero attached hydrogens (tertiary/aromatic N) is 5. The second kappa shape index (κ2) is 6.32. The monoisotopic (exact) mass is 361 g/mol. The minimum absolute atomic E-state index is 0.130. The zero-order valence-electron chi connectivity index (χ0n) is 14.3. The molecule has 2 heterocycles. The molecule has 0 spiro atoms. The van der Waals surface area contributed by atoms with Crippen molar-refractivity contribution in [1.29, 1.82) is 5.26 Å². The van der Waals surface area contributed by atoms with E-state index in [9.17, 15) is 4.79 Å². The van der Waals surface area contributed by atoms with Gasteiger partial charge in [0.25, 0.3) is 5.56 Å². The summed E-state index contributed by atoms with van der Waals surface area (Å²) in [6, 6.07) is 15.4. The summed E-state index contributed by atoms with van der Waals surface area (Å²) in [5.74, 6) is 0.712. The lowest BCUT2D eigenvalue weighted by atomic mass is 10.1. The number of aryl methyl sites for hydroxylation is 2. The van der Waals surface area contributed by atoms with Crippen molar-refractivity contribution in [2.75, 3.05) is 5.75 Å². The minimum Gasteiger partial charge on any atom is -0.268 e. The molecule has 0 saturated heterocycles. The van der Waals surface area contributed by atoms with Gasteiger partial charge in [-0.05, 0) is 37.1 Å². The van der Waals surface area contributed by atoms with Crippen LogP contribution < -0.4 is 5.56 Å². The van der Waals surface area contributed by atoms with Crippen molar-refractivity contribution < 1.29 is 0 Å². The molecule has 2 aromatic carbocycles. The zero-order chi connectivity index (χ0) is 18.3. The largest absolute Gasteiger partial charge is 0.268 e. The van der Waals surface area contributed by atoms with Gasteiger partial charge in [-0.15, -0.1) is 10.2 Å². The molecule has 2 aromatic heterocycles. The molecule has 0 atom stereocenters. The van der Waals surface area contributed by atoms with E-state index in [-0.39, 0.29) is 11.3 Å². The predicted octanol–water partition coefficient (Wildman–Crippen LogP) is 3.27. The summed E-state index contributed by atoms with van der Waals surface area (Å²) < 4.78 is 3.47. The van der Waals surface area contributed by atoms with E-state index in [4.69, 9.17) is 5.26 Å². The van der Waals surface area contributed by atoms with Gasteiger partial charge in [-0.1, -0.05) is 42.1 Å². The van der Waals surface area contributed by atoms with E-state index in [0.29, 0.717) is 16.3 Å². The average molecular weight is 361 g/mol. The van der Waals surface area contributed by atoms with Crippen molar-refractivity contribution in [3.63, 3.8) is 0 Å². The Hall–Kier alpha value is -3.11. The standard InChI is InChI=1S/C19H15N5OS/c1-12-6-5-7-13(2)16(12)24-17(25)14-8-3-4-9-15(14)23-18(24)21-22-19(23)26-11-10-20/h3-9H,11H2,1-2H3. The van der Waals surface area contributed by atoms with Crippen LogP contribution in [0.5, 0.6) is 0 Å². The van der Waals surface area contributed by atoms with Crippen LogP contribution in [-0.4, -0.2) is 24.9 Å². The number of hydrogen-bond acceptors (Lipinski definition) is 5. The zero-order valence-corrected chi connectivity index (χ0v) is 15.1. The Morgan fingerprint density at radius 1 is 1.08 bits per heavy atom. The van der Waals surface area contributed by atoms with Gasteiger partial charge in [0.05, 0.1) is 28.4 Å². The molecule has 0 saturated carbocycles. The quantitative estimate of drug-likeness (QED) is 0.524. The Balaban J connectivity index is 2.20. The van der Waals surface area contributed by atoms with Gasteiger partial charge in [0, 0.05) is 0 Å². The maximum Gasteiger partial charge on any atom is 0.267 e. The van der Waals surface area contributed by atoms with E-state index in [1.807, 2.05) is 54.6 Å².